The summed E-state index contributed by atoms with van der Waals surface area (Å²) in [5, 5.41) is 10.6. The van der Waals surface area contributed by atoms with Crippen LogP contribution < -0.4 is 16.0 Å². The molecule has 1 aromatic heterocycles. The Bertz CT molecular complexity index is 1240. The summed E-state index contributed by atoms with van der Waals surface area (Å²) in [6, 6.07) is 11.0. The smallest absolute Gasteiger partial charge is 0.416 e. The molecule has 1 heterocycles. The van der Waals surface area contributed by atoms with Gasteiger partial charge in [0, 0.05) is 0 Å². The predicted molar refractivity (Wildman–Crippen MR) is 108 cm³/mol. The van der Waals surface area contributed by atoms with Crippen molar-refractivity contribution in [1.82, 2.24) is 9.55 Å². The van der Waals surface area contributed by atoms with Crippen molar-refractivity contribution in [2.24, 2.45) is 4.99 Å². The SMILES string of the molecule is COc1ccc(-n2c(O)c(C(C)=NCc3ccccc3C(F)(F)F)c(=O)[nH]c2=O)cc1. The lowest BCUT2D eigenvalue weighted by Gasteiger charge is -2.13. The van der Waals surface area contributed by atoms with Gasteiger partial charge in [0.2, 0.25) is 5.88 Å². The highest BCUT2D eigenvalue weighted by molar-refractivity contribution is 6.00. The Kier molecular flexibility index (Phi) is 6.00. The van der Waals surface area contributed by atoms with E-state index in [1.807, 2.05) is 0 Å². The maximum Gasteiger partial charge on any atom is 0.416 e. The molecule has 0 aliphatic rings. The van der Waals surface area contributed by atoms with E-state index in [-0.39, 0.29) is 29.1 Å². The summed E-state index contributed by atoms with van der Waals surface area (Å²) >= 11 is 0. The van der Waals surface area contributed by atoms with Crippen molar-refractivity contribution in [2.45, 2.75) is 19.6 Å². The van der Waals surface area contributed by atoms with Gasteiger partial charge in [-0.1, -0.05) is 18.2 Å². The number of aromatic nitrogens is 2. The minimum Gasteiger partial charge on any atom is -0.497 e. The molecule has 162 valence electrons. The van der Waals surface area contributed by atoms with E-state index < -0.39 is 28.9 Å². The lowest BCUT2D eigenvalue weighted by Crippen LogP contribution is -2.32. The van der Waals surface area contributed by atoms with E-state index in [2.05, 4.69) is 9.98 Å². The van der Waals surface area contributed by atoms with Crippen molar-refractivity contribution in [3.05, 3.63) is 86.1 Å². The molecule has 10 heteroatoms. The number of H-pyrrole nitrogens is 1. The van der Waals surface area contributed by atoms with Crippen LogP contribution in [-0.2, 0) is 12.7 Å². The first-order chi connectivity index (χ1) is 14.6. The molecule has 3 rings (SSSR count). The number of alkyl halides is 3. The van der Waals surface area contributed by atoms with Crippen LogP contribution in [0, 0.1) is 0 Å². The Balaban J connectivity index is 2.05. The van der Waals surface area contributed by atoms with Crippen LogP contribution in [0.3, 0.4) is 0 Å². The molecule has 0 unspecified atom stereocenters. The topological polar surface area (TPSA) is 96.7 Å². The monoisotopic (exact) mass is 433 g/mol. The van der Waals surface area contributed by atoms with Crippen LogP contribution in [0.5, 0.6) is 11.6 Å². The second kappa shape index (κ2) is 8.50. The van der Waals surface area contributed by atoms with Gasteiger partial charge in [-0.2, -0.15) is 13.2 Å². The normalized spacial score (nSPS) is 12.1. The first kappa shape index (κ1) is 21.9. The number of aromatic hydroxyl groups is 1. The average molecular weight is 433 g/mol. The number of nitrogens with zero attached hydrogens (tertiary/aromatic N) is 2. The molecule has 0 aliphatic heterocycles. The summed E-state index contributed by atoms with van der Waals surface area (Å²) in [5.74, 6) is -0.161. The second-order valence-corrected chi connectivity index (χ2v) is 6.55. The van der Waals surface area contributed by atoms with Crippen LogP contribution in [0.2, 0.25) is 0 Å². The van der Waals surface area contributed by atoms with Crippen molar-refractivity contribution < 1.29 is 23.0 Å². The van der Waals surface area contributed by atoms with Crippen molar-refractivity contribution in [3.8, 4) is 17.3 Å². The van der Waals surface area contributed by atoms with Gasteiger partial charge in [-0.05, 0) is 42.8 Å². The molecule has 0 fully saturated rings. The molecule has 0 aliphatic carbocycles. The van der Waals surface area contributed by atoms with Crippen LogP contribution in [0.4, 0.5) is 13.2 Å². The number of methoxy groups -OCH3 is 1. The fraction of sp³-hybridized carbons (Fsp3) is 0.190. The fourth-order valence-corrected chi connectivity index (χ4v) is 3.04. The van der Waals surface area contributed by atoms with Gasteiger partial charge >= 0.3 is 11.9 Å². The zero-order valence-corrected chi connectivity index (χ0v) is 16.5. The lowest BCUT2D eigenvalue weighted by molar-refractivity contribution is -0.138. The molecule has 0 saturated heterocycles. The third-order valence-corrected chi connectivity index (χ3v) is 4.59. The molecule has 0 atom stereocenters. The molecule has 7 nitrogen and oxygen atoms in total. The Morgan fingerprint density at radius 3 is 2.39 bits per heavy atom. The third-order valence-electron chi connectivity index (χ3n) is 4.59. The number of rotatable bonds is 5. The molecule has 3 aromatic rings. The molecule has 0 spiro atoms. The van der Waals surface area contributed by atoms with Gasteiger partial charge in [0.15, 0.2) is 0 Å². The highest BCUT2D eigenvalue weighted by atomic mass is 19.4. The first-order valence-electron chi connectivity index (χ1n) is 9.02. The number of halogens is 3. The predicted octanol–water partition coefficient (Wildman–Crippen LogP) is 3.27. The van der Waals surface area contributed by atoms with Gasteiger partial charge in [-0.3, -0.25) is 14.8 Å². The zero-order chi connectivity index (χ0) is 22.8. The summed E-state index contributed by atoms with van der Waals surface area (Å²) in [7, 11) is 1.47. The highest BCUT2D eigenvalue weighted by Gasteiger charge is 2.32. The minimum atomic E-state index is -4.55. The molecular formula is C21H18F3N3O4. The largest absolute Gasteiger partial charge is 0.497 e. The number of benzene rings is 2. The van der Waals surface area contributed by atoms with Gasteiger partial charge in [-0.15, -0.1) is 0 Å². The number of nitrogens with one attached hydrogen (secondary N) is 1. The van der Waals surface area contributed by atoms with E-state index >= 15 is 0 Å². The second-order valence-electron chi connectivity index (χ2n) is 6.55. The summed E-state index contributed by atoms with van der Waals surface area (Å²) in [6.07, 6.45) is -4.55. The summed E-state index contributed by atoms with van der Waals surface area (Å²) in [4.78, 5) is 30.7. The van der Waals surface area contributed by atoms with Crippen LogP contribution in [0.1, 0.15) is 23.6 Å². The Morgan fingerprint density at radius 1 is 1.13 bits per heavy atom. The van der Waals surface area contributed by atoms with Gasteiger partial charge in [0.05, 0.1) is 30.6 Å². The van der Waals surface area contributed by atoms with Gasteiger partial charge in [-0.25, -0.2) is 9.36 Å². The molecule has 0 saturated carbocycles. The molecular weight excluding hydrogens is 415 g/mol. The van der Waals surface area contributed by atoms with Crippen molar-refractivity contribution in [1.29, 1.82) is 0 Å². The summed E-state index contributed by atoms with van der Waals surface area (Å²) in [6.45, 7) is 0.991. The van der Waals surface area contributed by atoms with Gasteiger partial charge < -0.3 is 9.84 Å². The van der Waals surface area contributed by atoms with E-state index in [0.29, 0.717) is 5.75 Å². The Morgan fingerprint density at radius 2 is 1.77 bits per heavy atom. The van der Waals surface area contributed by atoms with Gasteiger partial charge in [0.1, 0.15) is 11.3 Å². The van der Waals surface area contributed by atoms with Crippen LogP contribution in [-0.4, -0.2) is 27.5 Å². The van der Waals surface area contributed by atoms with Crippen molar-refractivity contribution >= 4 is 5.71 Å². The standard InChI is InChI=1S/C21H18F3N3O4/c1-12(25-11-13-5-3-4-6-16(13)21(22,23)24)17-18(28)26-20(30)27(19(17)29)14-7-9-15(31-2)10-8-14/h3-10,29H,11H2,1-2H3,(H,26,28,30). The van der Waals surface area contributed by atoms with Crippen LogP contribution in [0.15, 0.2) is 63.1 Å². The van der Waals surface area contributed by atoms with E-state index in [1.54, 1.807) is 12.1 Å². The quantitative estimate of drug-likeness (QED) is 0.604. The number of ether oxygens (including phenoxy) is 1. The number of aromatic amines is 1. The fourth-order valence-electron chi connectivity index (χ4n) is 3.04. The van der Waals surface area contributed by atoms with E-state index in [1.165, 1.54) is 44.4 Å². The van der Waals surface area contributed by atoms with Crippen molar-refractivity contribution in [3.63, 3.8) is 0 Å². The van der Waals surface area contributed by atoms with E-state index in [0.717, 1.165) is 10.6 Å². The van der Waals surface area contributed by atoms with E-state index in [9.17, 15) is 27.9 Å². The maximum absolute atomic E-state index is 13.2. The number of aliphatic imine (C=N–C) groups is 1. The van der Waals surface area contributed by atoms with Crippen LogP contribution in [0.25, 0.3) is 5.69 Å². The molecule has 31 heavy (non-hydrogen) atoms. The van der Waals surface area contributed by atoms with Crippen molar-refractivity contribution in [2.75, 3.05) is 7.11 Å². The molecule has 0 radical (unpaired) electrons. The first-order valence-corrected chi connectivity index (χ1v) is 9.02. The zero-order valence-electron chi connectivity index (χ0n) is 16.5. The molecule has 0 amide bonds. The Labute approximate surface area is 174 Å². The molecule has 0 bridgehead atoms. The summed E-state index contributed by atoms with van der Waals surface area (Å²) in [5.41, 5.74) is -2.82. The minimum absolute atomic E-state index is 0.0296. The maximum atomic E-state index is 13.2. The molecule has 2 N–H and O–H groups in total. The summed E-state index contributed by atoms with van der Waals surface area (Å²) < 4.78 is 45.4. The number of hydrogen-bond acceptors (Lipinski definition) is 5. The van der Waals surface area contributed by atoms with E-state index in [4.69, 9.17) is 4.74 Å². The van der Waals surface area contributed by atoms with Gasteiger partial charge in [0.25, 0.3) is 5.56 Å². The average Bonchev–Trinajstić information content (AvgIpc) is 2.72. The number of hydrogen-bond donors (Lipinski definition) is 2. The Hall–Kier alpha value is -3.82. The highest BCUT2D eigenvalue weighted by Crippen LogP contribution is 2.32. The lowest BCUT2D eigenvalue weighted by atomic mass is 10.1. The van der Waals surface area contributed by atoms with Crippen LogP contribution >= 0.6 is 0 Å². The molecule has 2 aromatic carbocycles. The third kappa shape index (κ3) is 4.52.